The van der Waals surface area contributed by atoms with Crippen molar-refractivity contribution in [1.82, 2.24) is 10.2 Å². The first-order valence-electron chi connectivity index (χ1n) is 13.0. The maximum absolute atomic E-state index is 13.9. The van der Waals surface area contributed by atoms with Crippen LogP contribution < -0.4 is 14.8 Å². The van der Waals surface area contributed by atoms with E-state index in [-0.39, 0.29) is 18.2 Å². The lowest BCUT2D eigenvalue weighted by molar-refractivity contribution is -0.141. The molecule has 1 atom stereocenters. The van der Waals surface area contributed by atoms with Gasteiger partial charge >= 0.3 is 0 Å². The Balaban J connectivity index is 1.61. The lowest BCUT2D eigenvalue weighted by Gasteiger charge is -2.34. The highest BCUT2D eigenvalue weighted by Gasteiger charge is 2.32. The fourth-order valence-electron chi connectivity index (χ4n) is 4.48. The van der Waals surface area contributed by atoms with Crippen LogP contribution in [0.15, 0.2) is 77.3 Å². The van der Waals surface area contributed by atoms with Crippen LogP contribution in [0.2, 0.25) is 0 Å². The molecule has 0 saturated heterocycles. The Morgan fingerprint density at radius 2 is 1.61 bits per heavy atom. The second-order valence-corrected chi connectivity index (χ2v) is 11.5. The molecule has 0 saturated carbocycles. The molecule has 0 bridgehead atoms. The minimum atomic E-state index is -0.664. The average Bonchev–Trinajstić information content (AvgIpc) is 2.89. The van der Waals surface area contributed by atoms with Crippen LogP contribution in [0.25, 0.3) is 0 Å². The van der Waals surface area contributed by atoms with Gasteiger partial charge in [-0.1, -0.05) is 64.5 Å². The summed E-state index contributed by atoms with van der Waals surface area (Å²) in [5, 5.41) is 3.11. The first-order valence-corrected chi connectivity index (χ1v) is 13.8. The molecule has 3 aromatic carbocycles. The second-order valence-electron chi connectivity index (χ2n) is 10.6. The van der Waals surface area contributed by atoms with E-state index in [0.717, 1.165) is 26.9 Å². The highest BCUT2D eigenvalue weighted by atomic mass is 79.9. The van der Waals surface area contributed by atoms with E-state index in [1.807, 2.05) is 93.6 Å². The zero-order valence-corrected chi connectivity index (χ0v) is 23.8. The van der Waals surface area contributed by atoms with Crippen molar-refractivity contribution in [3.05, 3.63) is 94.0 Å². The van der Waals surface area contributed by atoms with Crippen molar-refractivity contribution < 1.29 is 19.1 Å². The van der Waals surface area contributed by atoms with Gasteiger partial charge in [0.2, 0.25) is 11.8 Å². The second kappa shape index (κ2) is 12.5. The highest BCUT2D eigenvalue weighted by Crippen LogP contribution is 2.31. The van der Waals surface area contributed by atoms with Crippen molar-refractivity contribution in [1.29, 1.82) is 0 Å². The van der Waals surface area contributed by atoms with E-state index in [4.69, 9.17) is 9.47 Å². The molecule has 1 N–H and O–H groups in total. The molecule has 1 aliphatic rings. The van der Waals surface area contributed by atoms with Crippen molar-refractivity contribution in [2.45, 2.75) is 58.2 Å². The third-order valence-corrected chi connectivity index (χ3v) is 6.74. The van der Waals surface area contributed by atoms with E-state index < -0.39 is 11.6 Å². The molecule has 3 aromatic rings. The first kappa shape index (κ1) is 27.7. The molecule has 4 rings (SSSR count). The largest absolute Gasteiger partial charge is 0.486 e. The van der Waals surface area contributed by atoms with Gasteiger partial charge in [0.05, 0.1) is 0 Å². The molecule has 38 heavy (non-hydrogen) atoms. The van der Waals surface area contributed by atoms with Crippen LogP contribution in [-0.4, -0.2) is 41.5 Å². The van der Waals surface area contributed by atoms with Crippen LogP contribution >= 0.6 is 15.9 Å². The number of amides is 2. The van der Waals surface area contributed by atoms with E-state index in [9.17, 15) is 9.59 Å². The summed E-state index contributed by atoms with van der Waals surface area (Å²) in [4.78, 5) is 29.3. The SMILES string of the molecule is CC(C)(C)NC(=O)[C@@H](Cc1ccccc1)N(Cc1cccc(Br)c1)C(=O)CCc1ccc2c(c1)OCCO2. The van der Waals surface area contributed by atoms with Gasteiger partial charge in [0.15, 0.2) is 11.5 Å². The Labute approximate surface area is 233 Å². The van der Waals surface area contributed by atoms with Crippen LogP contribution in [0.1, 0.15) is 43.9 Å². The number of ether oxygens (including phenoxy) is 2. The summed E-state index contributed by atoms with van der Waals surface area (Å²) in [6, 6.07) is 22.8. The smallest absolute Gasteiger partial charge is 0.243 e. The number of rotatable bonds is 9. The van der Waals surface area contributed by atoms with Crippen molar-refractivity contribution >= 4 is 27.7 Å². The molecule has 0 aliphatic carbocycles. The van der Waals surface area contributed by atoms with Crippen LogP contribution in [0.3, 0.4) is 0 Å². The van der Waals surface area contributed by atoms with Crippen LogP contribution in [0.4, 0.5) is 0 Å². The Morgan fingerprint density at radius 1 is 0.895 bits per heavy atom. The van der Waals surface area contributed by atoms with Gasteiger partial charge in [0.25, 0.3) is 0 Å². The third kappa shape index (κ3) is 7.84. The standard InChI is InChI=1S/C31H35BrN2O4/c1-31(2,3)33-30(36)26(19-22-8-5-4-6-9-22)34(21-24-10-7-11-25(32)18-24)29(35)15-13-23-12-14-27-28(20-23)38-17-16-37-27/h4-12,14,18,20,26H,13,15-17,19,21H2,1-3H3,(H,33,36)/t26-/m1/s1. The molecule has 200 valence electrons. The van der Waals surface area contributed by atoms with Gasteiger partial charge in [-0.05, 0) is 68.1 Å². The molecule has 0 aromatic heterocycles. The van der Waals surface area contributed by atoms with E-state index in [2.05, 4.69) is 21.2 Å². The number of carbonyl (C=O) groups excluding carboxylic acids is 2. The molecule has 1 heterocycles. The molecule has 0 radical (unpaired) electrons. The molecular weight excluding hydrogens is 544 g/mol. The summed E-state index contributed by atoms with van der Waals surface area (Å²) in [6.45, 7) is 7.23. The number of carbonyl (C=O) groups is 2. The Kier molecular flexibility index (Phi) is 9.10. The summed E-state index contributed by atoms with van der Waals surface area (Å²) in [7, 11) is 0. The number of benzene rings is 3. The summed E-state index contributed by atoms with van der Waals surface area (Å²) in [5.74, 6) is 1.19. The summed E-state index contributed by atoms with van der Waals surface area (Å²) in [6.07, 6.45) is 1.22. The summed E-state index contributed by atoms with van der Waals surface area (Å²) >= 11 is 3.54. The zero-order chi connectivity index (χ0) is 27.1. The summed E-state index contributed by atoms with van der Waals surface area (Å²) in [5.41, 5.74) is 2.51. The highest BCUT2D eigenvalue weighted by molar-refractivity contribution is 9.10. The predicted molar refractivity (Wildman–Crippen MR) is 152 cm³/mol. The quantitative estimate of drug-likeness (QED) is 0.353. The van der Waals surface area contributed by atoms with Crippen LogP contribution in [-0.2, 0) is 29.0 Å². The van der Waals surface area contributed by atoms with Gasteiger partial charge in [-0.3, -0.25) is 9.59 Å². The van der Waals surface area contributed by atoms with Gasteiger partial charge in [0, 0.05) is 29.4 Å². The number of nitrogens with one attached hydrogen (secondary N) is 1. The van der Waals surface area contributed by atoms with E-state index >= 15 is 0 Å². The Morgan fingerprint density at radius 3 is 2.32 bits per heavy atom. The molecule has 7 heteroatoms. The van der Waals surface area contributed by atoms with Crippen molar-refractivity contribution in [3.63, 3.8) is 0 Å². The first-order chi connectivity index (χ1) is 18.2. The Hall–Kier alpha value is -3.32. The van der Waals surface area contributed by atoms with Gasteiger partial charge in [-0.15, -0.1) is 0 Å². The monoisotopic (exact) mass is 578 g/mol. The number of hydrogen-bond acceptors (Lipinski definition) is 4. The zero-order valence-electron chi connectivity index (χ0n) is 22.2. The number of fused-ring (bicyclic) bond motifs is 1. The van der Waals surface area contributed by atoms with Crippen LogP contribution in [0.5, 0.6) is 11.5 Å². The van der Waals surface area contributed by atoms with Gasteiger partial charge in [0.1, 0.15) is 19.3 Å². The molecule has 0 spiro atoms. The molecule has 0 unspecified atom stereocenters. The molecule has 2 amide bonds. The van der Waals surface area contributed by atoms with Crippen LogP contribution in [0, 0.1) is 0 Å². The van der Waals surface area contributed by atoms with E-state index in [1.54, 1.807) is 4.90 Å². The maximum Gasteiger partial charge on any atom is 0.243 e. The number of nitrogens with zero attached hydrogens (tertiary/aromatic N) is 1. The lowest BCUT2D eigenvalue weighted by atomic mass is 9.99. The number of hydrogen-bond donors (Lipinski definition) is 1. The van der Waals surface area contributed by atoms with Crippen molar-refractivity contribution in [2.75, 3.05) is 13.2 Å². The minimum Gasteiger partial charge on any atom is -0.486 e. The van der Waals surface area contributed by atoms with Gasteiger partial charge in [-0.2, -0.15) is 0 Å². The normalized spacial score (nSPS) is 13.5. The molecule has 6 nitrogen and oxygen atoms in total. The molecule has 1 aliphatic heterocycles. The average molecular weight is 580 g/mol. The minimum absolute atomic E-state index is 0.0788. The van der Waals surface area contributed by atoms with Crippen molar-refractivity contribution in [2.24, 2.45) is 0 Å². The van der Waals surface area contributed by atoms with Gasteiger partial charge in [-0.25, -0.2) is 0 Å². The summed E-state index contributed by atoms with van der Waals surface area (Å²) < 4.78 is 12.3. The fraction of sp³-hybridized carbons (Fsp3) is 0.355. The molecular formula is C31H35BrN2O4. The van der Waals surface area contributed by atoms with E-state index in [1.165, 1.54) is 0 Å². The topological polar surface area (TPSA) is 67.9 Å². The Bertz CT molecular complexity index is 1260. The fourth-order valence-corrected chi connectivity index (χ4v) is 4.92. The predicted octanol–water partition coefficient (Wildman–Crippen LogP) is 5.71. The lowest BCUT2D eigenvalue weighted by Crippen LogP contribution is -2.54. The third-order valence-electron chi connectivity index (χ3n) is 6.25. The van der Waals surface area contributed by atoms with Crippen molar-refractivity contribution in [3.8, 4) is 11.5 Å². The maximum atomic E-state index is 13.9. The number of halogens is 1. The molecule has 0 fully saturated rings. The number of aryl methyl sites for hydroxylation is 1. The van der Waals surface area contributed by atoms with E-state index in [0.29, 0.717) is 38.3 Å². The van der Waals surface area contributed by atoms with Gasteiger partial charge < -0.3 is 19.7 Å².